The number of sulfonamides is 1. The number of anilines is 1. The van der Waals surface area contributed by atoms with Gasteiger partial charge in [0.25, 0.3) is 15.9 Å². The fourth-order valence-electron chi connectivity index (χ4n) is 2.55. The third-order valence-electron chi connectivity index (χ3n) is 4.00. The summed E-state index contributed by atoms with van der Waals surface area (Å²) < 4.78 is 50.1. The van der Waals surface area contributed by atoms with E-state index in [0.717, 1.165) is 22.5 Å². The molecule has 2 aromatic rings. The Morgan fingerprint density at radius 3 is 2.42 bits per heavy atom. The average Bonchev–Trinajstić information content (AvgIpc) is 2.76. The number of carbonyl (C=O) groups is 3. The number of hydrogen-bond acceptors (Lipinski definition) is 7. The Labute approximate surface area is 194 Å². The Hall–Kier alpha value is -3.44. The predicted octanol–water partition coefficient (Wildman–Crippen LogP) is 3.29. The summed E-state index contributed by atoms with van der Waals surface area (Å²) >= 11 is 6.10. The molecule has 0 aliphatic rings. The standard InChI is InChI=1S/C21H20ClFN2O7S/c1-3-11-25(16-8-6-15(23)7-9-16)33(29,30)18-12-14(5-10-17(18)22)20(27)32-13-19(26)24-21(28)31-4-2/h3,5-10,12H,1,4,11,13H2,2H3,(H,24,26,28). The maximum absolute atomic E-state index is 13.3. The van der Waals surface area contributed by atoms with E-state index in [1.807, 2.05) is 5.32 Å². The van der Waals surface area contributed by atoms with Crippen molar-refractivity contribution in [2.45, 2.75) is 11.8 Å². The van der Waals surface area contributed by atoms with Crippen molar-refractivity contribution in [3.05, 3.63) is 71.5 Å². The number of esters is 1. The summed E-state index contributed by atoms with van der Waals surface area (Å²) in [5.74, 6) is -2.51. The van der Waals surface area contributed by atoms with E-state index in [1.54, 1.807) is 6.92 Å². The fourth-order valence-corrected chi connectivity index (χ4v) is 4.48. The van der Waals surface area contributed by atoms with Gasteiger partial charge in [0.15, 0.2) is 6.61 Å². The summed E-state index contributed by atoms with van der Waals surface area (Å²) in [6.45, 7) is 4.16. The number of imide groups is 1. The van der Waals surface area contributed by atoms with Crippen molar-refractivity contribution in [3.8, 4) is 0 Å². The summed E-state index contributed by atoms with van der Waals surface area (Å²) in [7, 11) is -4.31. The van der Waals surface area contributed by atoms with E-state index < -0.39 is 45.3 Å². The van der Waals surface area contributed by atoms with Crippen LogP contribution in [0.4, 0.5) is 14.9 Å². The molecule has 0 aliphatic heterocycles. The lowest BCUT2D eigenvalue weighted by Crippen LogP contribution is -2.34. The van der Waals surface area contributed by atoms with Gasteiger partial charge < -0.3 is 9.47 Å². The molecule has 2 rings (SSSR count). The van der Waals surface area contributed by atoms with Crippen LogP contribution in [-0.4, -0.2) is 46.1 Å². The zero-order valence-electron chi connectivity index (χ0n) is 17.4. The molecule has 0 atom stereocenters. The molecule has 0 aliphatic carbocycles. The molecule has 0 saturated heterocycles. The molecule has 0 saturated carbocycles. The van der Waals surface area contributed by atoms with Crippen LogP contribution in [0.1, 0.15) is 17.3 Å². The molecular weight excluding hydrogens is 479 g/mol. The molecular formula is C21H20ClFN2O7S. The lowest BCUT2D eigenvalue weighted by molar-refractivity contribution is -0.123. The van der Waals surface area contributed by atoms with Gasteiger partial charge in [0.1, 0.15) is 10.7 Å². The van der Waals surface area contributed by atoms with Crippen LogP contribution >= 0.6 is 11.6 Å². The van der Waals surface area contributed by atoms with Crippen molar-refractivity contribution in [2.75, 3.05) is 24.1 Å². The molecule has 12 heteroatoms. The fraction of sp³-hybridized carbons (Fsp3) is 0.190. The molecule has 1 N–H and O–H groups in total. The molecule has 9 nitrogen and oxygen atoms in total. The van der Waals surface area contributed by atoms with Crippen molar-refractivity contribution in [1.29, 1.82) is 0 Å². The van der Waals surface area contributed by atoms with E-state index in [1.165, 1.54) is 30.3 Å². The van der Waals surface area contributed by atoms with Gasteiger partial charge in [0, 0.05) is 0 Å². The molecule has 0 heterocycles. The van der Waals surface area contributed by atoms with Crippen LogP contribution in [0.3, 0.4) is 0 Å². The van der Waals surface area contributed by atoms with Gasteiger partial charge in [-0.25, -0.2) is 22.4 Å². The van der Waals surface area contributed by atoms with Crippen molar-refractivity contribution < 1.29 is 36.7 Å². The van der Waals surface area contributed by atoms with E-state index in [0.29, 0.717) is 0 Å². The molecule has 176 valence electrons. The van der Waals surface area contributed by atoms with Crippen molar-refractivity contribution in [3.63, 3.8) is 0 Å². The van der Waals surface area contributed by atoms with Gasteiger partial charge in [-0.2, -0.15) is 0 Å². The number of carbonyl (C=O) groups excluding carboxylic acids is 3. The lowest BCUT2D eigenvalue weighted by atomic mass is 10.2. The monoisotopic (exact) mass is 498 g/mol. The van der Waals surface area contributed by atoms with Gasteiger partial charge in [0.05, 0.1) is 29.4 Å². The van der Waals surface area contributed by atoms with Crippen LogP contribution in [0.15, 0.2) is 60.0 Å². The second-order valence-corrected chi connectivity index (χ2v) is 8.53. The minimum absolute atomic E-state index is 0.0434. The Morgan fingerprint density at radius 2 is 1.82 bits per heavy atom. The first-order valence-corrected chi connectivity index (χ1v) is 11.2. The third kappa shape index (κ3) is 6.77. The van der Waals surface area contributed by atoms with Crippen molar-refractivity contribution in [1.82, 2.24) is 5.32 Å². The van der Waals surface area contributed by atoms with E-state index in [2.05, 4.69) is 11.3 Å². The van der Waals surface area contributed by atoms with E-state index in [4.69, 9.17) is 16.3 Å². The summed E-state index contributed by atoms with van der Waals surface area (Å²) in [6.07, 6.45) is 0.330. The zero-order chi connectivity index (χ0) is 24.6. The molecule has 0 spiro atoms. The topological polar surface area (TPSA) is 119 Å². The Morgan fingerprint density at radius 1 is 1.15 bits per heavy atom. The Bertz CT molecular complexity index is 1150. The second kappa shape index (κ2) is 11.4. The summed E-state index contributed by atoms with van der Waals surface area (Å²) in [6, 6.07) is 8.11. The maximum atomic E-state index is 13.3. The van der Waals surface area contributed by atoms with Crippen LogP contribution in [-0.2, 0) is 24.3 Å². The second-order valence-electron chi connectivity index (χ2n) is 6.29. The van der Waals surface area contributed by atoms with Crippen molar-refractivity contribution in [2.24, 2.45) is 0 Å². The molecule has 0 bridgehead atoms. The van der Waals surface area contributed by atoms with Crippen LogP contribution < -0.4 is 9.62 Å². The molecule has 0 aromatic heterocycles. The van der Waals surface area contributed by atoms with E-state index in [9.17, 15) is 27.2 Å². The highest BCUT2D eigenvalue weighted by Crippen LogP contribution is 2.29. The summed E-state index contributed by atoms with van der Waals surface area (Å²) in [5, 5.41) is 1.67. The summed E-state index contributed by atoms with van der Waals surface area (Å²) in [5.41, 5.74) is -0.0597. The Balaban J connectivity index is 2.27. The lowest BCUT2D eigenvalue weighted by Gasteiger charge is -2.24. The van der Waals surface area contributed by atoms with Gasteiger partial charge >= 0.3 is 12.1 Å². The minimum atomic E-state index is -4.31. The van der Waals surface area contributed by atoms with Crippen molar-refractivity contribution >= 4 is 45.3 Å². The SMILES string of the molecule is C=CCN(c1ccc(F)cc1)S(=O)(=O)c1cc(C(=O)OCC(=O)NC(=O)OCC)ccc1Cl. The minimum Gasteiger partial charge on any atom is -0.452 e. The van der Waals surface area contributed by atoms with E-state index in [-0.39, 0.29) is 29.4 Å². The molecule has 2 amide bonds. The number of nitrogens with one attached hydrogen (secondary N) is 1. The maximum Gasteiger partial charge on any atom is 0.413 e. The molecule has 0 unspecified atom stereocenters. The highest BCUT2D eigenvalue weighted by molar-refractivity contribution is 7.93. The third-order valence-corrected chi connectivity index (χ3v) is 6.27. The zero-order valence-corrected chi connectivity index (χ0v) is 19.0. The quantitative estimate of drug-likeness (QED) is 0.416. The number of halogens is 2. The van der Waals surface area contributed by atoms with Crippen LogP contribution in [0.5, 0.6) is 0 Å². The molecule has 2 aromatic carbocycles. The van der Waals surface area contributed by atoms with Crippen LogP contribution in [0, 0.1) is 5.82 Å². The van der Waals surface area contributed by atoms with Gasteiger partial charge in [-0.3, -0.25) is 14.4 Å². The van der Waals surface area contributed by atoms with Gasteiger partial charge in [0.2, 0.25) is 0 Å². The van der Waals surface area contributed by atoms with Gasteiger partial charge in [-0.05, 0) is 49.4 Å². The predicted molar refractivity (Wildman–Crippen MR) is 118 cm³/mol. The molecule has 0 fully saturated rings. The highest BCUT2D eigenvalue weighted by Gasteiger charge is 2.28. The Kier molecular flexibility index (Phi) is 8.94. The number of hydrogen-bond donors (Lipinski definition) is 1. The first-order chi connectivity index (χ1) is 15.6. The highest BCUT2D eigenvalue weighted by atomic mass is 35.5. The smallest absolute Gasteiger partial charge is 0.413 e. The van der Waals surface area contributed by atoms with Gasteiger partial charge in [-0.15, -0.1) is 6.58 Å². The first kappa shape index (κ1) is 25.8. The summed E-state index contributed by atoms with van der Waals surface area (Å²) in [4.78, 5) is 34.8. The number of amides is 2. The number of benzene rings is 2. The number of rotatable bonds is 9. The normalized spacial score (nSPS) is 10.8. The van der Waals surface area contributed by atoms with Gasteiger partial charge in [-0.1, -0.05) is 17.7 Å². The van der Waals surface area contributed by atoms with E-state index >= 15 is 0 Å². The number of nitrogens with zero attached hydrogens (tertiary/aromatic N) is 1. The van der Waals surface area contributed by atoms with Crippen LogP contribution in [0.25, 0.3) is 0 Å². The first-order valence-electron chi connectivity index (χ1n) is 9.42. The van der Waals surface area contributed by atoms with Crippen LogP contribution in [0.2, 0.25) is 5.02 Å². The average molecular weight is 499 g/mol. The number of alkyl carbamates (subject to hydrolysis) is 1. The number of ether oxygens (including phenoxy) is 2. The largest absolute Gasteiger partial charge is 0.452 e. The molecule has 0 radical (unpaired) electrons. The molecule has 33 heavy (non-hydrogen) atoms.